The minimum atomic E-state index is -3.13. The van der Waals surface area contributed by atoms with Gasteiger partial charge in [0.05, 0.1) is 0 Å². The summed E-state index contributed by atoms with van der Waals surface area (Å²) in [7, 11) is 3.43. The maximum absolute atomic E-state index is 8.30. The van der Waals surface area contributed by atoms with E-state index in [9.17, 15) is 0 Å². The fourth-order valence-electron chi connectivity index (χ4n) is 0.500. The van der Waals surface area contributed by atoms with Gasteiger partial charge in [0.1, 0.15) is 0 Å². The quantitative estimate of drug-likeness (QED) is 0.197. The highest BCUT2D eigenvalue weighted by atomic mass is 28.4. The molecule has 20 heteroatoms. The van der Waals surface area contributed by atoms with Crippen molar-refractivity contribution in [2.24, 2.45) is 0 Å². The molecule has 0 bridgehead atoms. The van der Waals surface area contributed by atoms with Crippen LogP contribution in [0.2, 0.25) is 26.2 Å². The summed E-state index contributed by atoms with van der Waals surface area (Å²) in [6, 6.07) is 0. The Balaban J connectivity index is -0.0000000137. The summed E-state index contributed by atoms with van der Waals surface area (Å²) in [4.78, 5) is 33.2. The van der Waals surface area contributed by atoms with Crippen molar-refractivity contribution in [3.8, 4) is 0 Å². The molecule has 0 spiro atoms. The lowest BCUT2D eigenvalue weighted by Gasteiger charge is -2.18. The van der Waals surface area contributed by atoms with Gasteiger partial charge in [-0.25, -0.2) is 0 Å². The summed E-state index contributed by atoms with van der Waals surface area (Å²) in [5.74, 6) is 0. The lowest BCUT2D eigenvalue weighted by molar-refractivity contribution is 0.131. The monoisotopic (exact) mass is 716 g/mol. The topological polar surface area (TPSA) is 258 Å². The normalized spacial score (nSPS) is 8.29. The van der Waals surface area contributed by atoms with E-state index in [1.807, 2.05) is 13.1 Å². The Morgan fingerprint density at radius 1 is 0.310 bits per heavy atom. The molecule has 0 amide bonds. The summed E-state index contributed by atoms with van der Waals surface area (Å²) in [5.41, 5.74) is 0. The Kier molecular flexibility index (Phi) is 160. The Morgan fingerprint density at radius 3 is 0.381 bits per heavy atom. The first-order valence-corrected chi connectivity index (χ1v) is 17.7. The zero-order valence-electron chi connectivity index (χ0n) is 22.9. The minimum Gasteiger partial charge on any atom is -0.412 e. The van der Waals surface area contributed by atoms with Gasteiger partial charge in [-0.2, -0.15) is 0 Å². The fraction of sp³-hybridized carbons (Fsp3) is 1.00. The molecule has 16 nitrogen and oxygen atoms in total. The molecule has 42 heavy (non-hydrogen) atoms. The van der Waals surface area contributed by atoms with E-state index in [0.29, 0.717) is 0 Å². The van der Waals surface area contributed by atoms with Crippen molar-refractivity contribution in [1.29, 1.82) is 0 Å². The summed E-state index contributed by atoms with van der Waals surface area (Å²) in [6.45, 7) is 6.19. The van der Waals surface area contributed by atoms with E-state index in [2.05, 4.69) is 8.85 Å². The first-order valence-electron chi connectivity index (χ1n) is 8.69. The fourth-order valence-corrected chi connectivity index (χ4v) is 1.50. The Labute approximate surface area is 267 Å². The molecule has 0 aromatic rings. The average Bonchev–Trinajstić information content (AvgIpc) is 2.81. The van der Waals surface area contributed by atoms with Crippen LogP contribution in [0.25, 0.3) is 0 Å². The summed E-state index contributed by atoms with van der Waals surface area (Å²) in [5, 5.41) is 14.0. The third-order valence-corrected chi connectivity index (χ3v) is 8.99. The number of rotatable bonds is 8. The Hall–Kier alpha value is 0.228. The van der Waals surface area contributed by atoms with Gasteiger partial charge in [-0.05, 0) is 0 Å². The van der Waals surface area contributed by atoms with Gasteiger partial charge >= 0.3 is 35.2 Å². The van der Waals surface area contributed by atoms with Crippen LogP contribution in [0.5, 0.6) is 0 Å². The van der Waals surface area contributed by atoms with Gasteiger partial charge in [0.2, 0.25) is 0 Å². The van der Waals surface area contributed by atoms with E-state index >= 15 is 0 Å². The van der Waals surface area contributed by atoms with E-state index in [1.165, 1.54) is 27.3 Å². The van der Waals surface area contributed by atoms with Crippen LogP contribution in [0.3, 0.4) is 0 Å². The lowest BCUT2D eigenvalue weighted by Crippen LogP contribution is -2.38. The second-order valence-electron chi connectivity index (χ2n) is 5.23. The predicted octanol–water partition coefficient (Wildman–Crippen LogP) is 2.02. The molecular formula is C22H84O16Si4. The number of aliphatic hydroxyl groups excluding tert-OH is 2. The van der Waals surface area contributed by atoms with Crippen molar-refractivity contribution in [2.75, 3.05) is 71.1 Å². The molecule has 0 aliphatic heterocycles. The second kappa shape index (κ2) is 64.2. The van der Waals surface area contributed by atoms with Crippen LogP contribution in [0, 0.1) is 0 Å². The van der Waals surface area contributed by atoms with Crippen molar-refractivity contribution >= 4 is 35.2 Å². The molecule has 284 valence electrons. The van der Waals surface area contributed by atoms with Crippen molar-refractivity contribution in [3.05, 3.63) is 0 Å². The van der Waals surface area contributed by atoms with Gasteiger partial charge in [-0.15, -0.1) is 0 Å². The van der Waals surface area contributed by atoms with Crippen LogP contribution in [0.4, 0.5) is 0 Å². The van der Waals surface area contributed by atoms with Gasteiger partial charge in [-0.1, -0.05) is 59.4 Å². The van der Waals surface area contributed by atoms with Crippen molar-refractivity contribution < 1.29 is 75.8 Å². The molecule has 0 aliphatic carbocycles. The minimum absolute atomic E-state index is 0. The van der Waals surface area contributed by atoms with Crippen molar-refractivity contribution in [2.45, 2.75) is 85.6 Å². The summed E-state index contributed by atoms with van der Waals surface area (Å²) in [6.07, 6.45) is 0. The van der Waals surface area contributed by atoms with E-state index in [1.54, 1.807) is 42.7 Å². The molecule has 0 aromatic carbocycles. The molecule has 0 saturated carbocycles. The highest BCUT2D eigenvalue weighted by Crippen LogP contribution is 2.03. The molecule has 10 N–H and O–H groups in total. The SMILES string of the molecule is C.C.C.C.C.C.C.C.CO.CO.CO[Si](C)(O)O.CO[Si](C)(O)O.CO[Si](C)(OC)OC.CO[Si](C)(OC)OC.O.O. The van der Waals surface area contributed by atoms with Crippen molar-refractivity contribution in [1.82, 2.24) is 0 Å². The maximum atomic E-state index is 8.30. The molecule has 0 fully saturated rings. The zero-order valence-corrected chi connectivity index (χ0v) is 26.9. The molecule has 0 aromatic heterocycles. The van der Waals surface area contributed by atoms with Crippen LogP contribution in [-0.2, 0) is 35.4 Å². The predicted molar refractivity (Wildman–Crippen MR) is 189 cm³/mol. The highest BCUT2D eigenvalue weighted by Gasteiger charge is 2.30. The molecule has 0 radical (unpaired) electrons. The molecule has 0 saturated heterocycles. The smallest absolute Gasteiger partial charge is 0.412 e. The van der Waals surface area contributed by atoms with E-state index in [4.69, 9.17) is 56.0 Å². The van der Waals surface area contributed by atoms with Gasteiger partial charge in [-0.3, -0.25) is 0 Å². The van der Waals surface area contributed by atoms with Gasteiger partial charge in [0.15, 0.2) is 0 Å². The molecule has 0 heterocycles. The van der Waals surface area contributed by atoms with Crippen LogP contribution < -0.4 is 0 Å². The summed E-state index contributed by atoms with van der Waals surface area (Å²) < 4.78 is 38.0. The Morgan fingerprint density at radius 2 is 0.381 bits per heavy atom. The highest BCUT2D eigenvalue weighted by molar-refractivity contribution is 6.59. The summed E-state index contributed by atoms with van der Waals surface area (Å²) >= 11 is 0. The molecule has 0 unspecified atom stereocenters. The number of hydrogen-bond donors (Lipinski definition) is 6. The van der Waals surface area contributed by atoms with E-state index in [0.717, 1.165) is 14.2 Å². The first kappa shape index (κ1) is 104. The first-order chi connectivity index (χ1) is 14.5. The number of aliphatic hydroxyl groups is 2. The number of hydrogen-bond acceptors (Lipinski definition) is 14. The zero-order chi connectivity index (χ0) is 27.7. The average molecular weight is 717 g/mol. The van der Waals surface area contributed by atoms with Gasteiger partial charge in [0.25, 0.3) is 0 Å². The van der Waals surface area contributed by atoms with Crippen LogP contribution in [-0.4, -0.2) is 147 Å². The lowest BCUT2D eigenvalue weighted by atomic mass is 11.8. The standard InChI is InChI=1S/2C4H12O3Si.2C2H8O3Si.2CH4O.8CH4.2H2O/c2*1-5-8(4,6-2)7-3;2*1-5-6(2,3)4;2*1-2;;;;;;;;;;/h2*1-4H3;2*3-4H,1-2H3;2*2H,1H3;8*1H4;2*1H2. The molecule has 0 rings (SSSR count). The molecule has 0 atom stereocenters. The van der Waals surface area contributed by atoms with E-state index < -0.39 is 35.2 Å². The van der Waals surface area contributed by atoms with Crippen LogP contribution in [0.15, 0.2) is 0 Å². The van der Waals surface area contributed by atoms with E-state index in [-0.39, 0.29) is 70.4 Å². The molecule has 0 aliphatic rings. The Bertz CT molecular complexity index is 297. The van der Waals surface area contributed by atoms with Crippen LogP contribution >= 0.6 is 0 Å². The van der Waals surface area contributed by atoms with Crippen molar-refractivity contribution in [3.63, 3.8) is 0 Å². The third-order valence-electron chi connectivity index (χ3n) is 3.00. The largest absolute Gasteiger partial charge is 0.496 e. The molecular weight excluding hydrogens is 633 g/mol. The van der Waals surface area contributed by atoms with Crippen LogP contribution in [0.1, 0.15) is 59.4 Å². The van der Waals surface area contributed by atoms with Gasteiger partial charge in [0, 0.05) is 97.3 Å². The maximum Gasteiger partial charge on any atom is 0.496 e. The third kappa shape index (κ3) is 105. The second-order valence-corrected chi connectivity index (χ2v) is 15.7. The van der Waals surface area contributed by atoms with Gasteiger partial charge < -0.3 is 75.8 Å².